The molecule has 0 saturated heterocycles. The van der Waals surface area contributed by atoms with Crippen molar-refractivity contribution in [2.75, 3.05) is 6.61 Å². The first-order valence-electron chi connectivity index (χ1n) is 3.97. The van der Waals surface area contributed by atoms with E-state index in [1.54, 1.807) is 6.20 Å². The minimum Gasteiger partial charge on any atom is -0.392 e. The fourth-order valence-electron chi connectivity index (χ4n) is 0.913. The van der Waals surface area contributed by atoms with Gasteiger partial charge in [-0.05, 0) is 6.42 Å². The topological polar surface area (TPSA) is 71.2 Å². The van der Waals surface area contributed by atoms with Crippen LogP contribution in [0.5, 0.6) is 0 Å². The second-order valence-corrected chi connectivity index (χ2v) is 2.60. The summed E-state index contributed by atoms with van der Waals surface area (Å²) in [5, 5.41) is 25.2. The molecule has 0 radical (unpaired) electrons. The van der Waals surface area contributed by atoms with Crippen LogP contribution >= 0.6 is 0 Å². The highest BCUT2D eigenvalue weighted by molar-refractivity contribution is 4.92. The van der Waals surface area contributed by atoms with Crippen molar-refractivity contribution < 1.29 is 10.2 Å². The van der Waals surface area contributed by atoms with Crippen LogP contribution in [0.15, 0.2) is 6.20 Å². The van der Waals surface area contributed by atoms with Gasteiger partial charge in [-0.25, -0.2) is 4.68 Å². The maximum absolute atomic E-state index is 9.12. The van der Waals surface area contributed by atoms with Crippen LogP contribution in [0.25, 0.3) is 0 Å². The van der Waals surface area contributed by atoms with Crippen LogP contribution < -0.4 is 0 Å². The van der Waals surface area contributed by atoms with Gasteiger partial charge in [0.1, 0.15) is 0 Å². The first-order valence-corrected chi connectivity index (χ1v) is 3.97. The molecule has 1 atom stereocenters. The molecular formula is C7H13N3O2. The number of aromatic nitrogens is 3. The van der Waals surface area contributed by atoms with Crippen molar-refractivity contribution in [2.45, 2.75) is 26.0 Å². The zero-order valence-electron chi connectivity index (χ0n) is 7.01. The summed E-state index contributed by atoms with van der Waals surface area (Å²) in [6, 6.07) is 0. The van der Waals surface area contributed by atoms with Gasteiger partial charge in [0.2, 0.25) is 0 Å². The molecule has 0 aromatic carbocycles. The standard InChI is InChI=1S/C7H13N3O2/c1-2-3-6-4-10(9-8-6)7(12)5-11/h4,7,11-12H,2-3,5H2,1H3. The van der Waals surface area contributed by atoms with Crippen molar-refractivity contribution in [1.29, 1.82) is 0 Å². The lowest BCUT2D eigenvalue weighted by atomic mass is 10.3. The average molecular weight is 171 g/mol. The van der Waals surface area contributed by atoms with Gasteiger partial charge in [0.15, 0.2) is 6.23 Å². The number of rotatable bonds is 4. The van der Waals surface area contributed by atoms with Crippen molar-refractivity contribution in [1.82, 2.24) is 15.0 Å². The molecule has 2 N–H and O–H groups in total. The molecule has 1 unspecified atom stereocenters. The molecule has 0 saturated carbocycles. The van der Waals surface area contributed by atoms with Crippen LogP contribution in [-0.2, 0) is 6.42 Å². The smallest absolute Gasteiger partial charge is 0.171 e. The molecule has 12 heavy (non-hydrogen) atoms. The van der Waals surface area contributed by atoms with Gasteiger partial charge < -0.3 is 10.2 Å². The van der Waals surface area contributed by atoms with Crippen molar-refractivity contribution in [3.8, 4) is 0 Å². The summed E-state index contributed by atoms with van der Waals surface area (Å²) in [6.45, 7) is 1.70. The second-order valence-electron chi connectivity index (χ2n) is 2.60. The predicted molar refractivity (Wildman–Crippen MR) is 42.4 cm³/mol. The van der Waals surface area contributed by atoms with Crippen LogP contribution in [0.2, 0.25) is 0 Å². The van der Waals surface area contributed by atoms with Crippen LogP contribution in [0, 0.1) is 0 Å². The highest BCUT2D eigenvalue weighted by Gasteiger charge is 2.06. The Kier molecular flexibility index (Phi) is 3.19. The summed E-state index contributed by atoms with van der Waals surface area (Å²) < 4.78 is 1.25. The van der Waals surface area contributed by atoms with Gasteiger partial charge in [-0.15, -0.1) is 5.10 Å². The SMILES string of the molecule is CCCc1cn(C(O)CO)nn1. The number of aliphatic hydroxyl groups excluding tert-OH is 2. The second kappa shape index (κ2) is 4.18. The van der Waals surface area contributed by atoms with E-state index in [2.05, 4.69) is 10.3 Å². The van der Waals surface area contributed by atoms with Crippen LogP contribution in [0.4, 0.5) is 0 Å². The monoisotopic (exact) mass is 171 g/mol. The Morgan fingerprint density at radius 2 is 2.42 bits per heavy atom. The number of hydrogen-bond acceptors (Lipinski definition) is 4. The van der Waals surface area contributed by atoms with Crippen LogP contribution in [-0.4, -0.2) is 31.8 Å². The number of aryl methyl sites for hydroxylation is 1. The lowest BCUT2D eigenvalue weighted by Gasteiger charge is -2.04. The van der Waals surface area contributed by atoms with Gasteiger partial charge in [-0.2, -0.15) is 0 Å². The largest absolute Gasteiger partial charge is 0.392 e. The van der Waals surface area contributed by atoms with Gasteiger partial charge in [-0.3, -0.25) is 0 Å². The van der Waals surface area contributed by atoms with Gasteiger partial charge >= 0.3 is 0 Å². The molecule has 1 heterocycles. The van der Waals surface area contributed by atoms with Crippen molar-refractivity contribution in [2.24, 2.45) is 0 Å². The molecule has 68 valence electrons. The molecule has 5 nitrogen and oxygen atoms in total. The average Bonchev–Trinajstić information content (AvgIpc) is 2.52. The van der Waals surface area contributed by atoms with E-state index >= 15 is 0 Å². The molecule has 0 aliphatic carbocycles. The van der Waals surface area contributed by atoms with Crippen molar-refractivity contribution in [3.05, 3.63) is 11.9 Å². The summed E-state index contributed by atoms with van der Waals surface area (Å²) in [6.07, 6.45) is 2.51. The minimum absolute atomic E-state index is 0.338. The Morgan fingerprint density at radius 1 is 1.67 bits per heavy atom. The maximum atomic E-state index is 9.12. The summed E-state index contributed by atoms with van der Waals surface area (Å²) >= 11 is 0. The third-order valence-electron chi connectivity index (χ3n) is 1.53. The zero-order valence-corrected chi connectivity index (χ0v) is 7.01. The first-order chi connectivity index (χ1) is 5.77. The fraction of sp³-hybridized carbons (Fsp3) is 0.714. The lowest BCUT2D eigenvalue weighted by molar-refractivity contribution is 0.0279. The molecule has 1 aromatic rings. The van der Waals surface area contributed by atoms with Crippen molar-refractivity contribution in [3.63, 3.8) is 0 Å². The fourth-order valence-corrected chi connectivity index (χ4v) is 0.913. The maximum Gasteiger partial charge on any atom is 0.171 e. The van der Waals surface area contributed by atoms with E-state index in [0.29, 0.717) is 0 Å². The normalized spacial score (nSPS) is 13.2. The molecule has 0 bridgehead atoms. The van der Waals surface area contributed by atoms with E-state index in [1.807, 2.05) is 6.92 Å². The molecule has 1 aromatic heterocycles. The summed E-state index contributed by atoms with van der Waals surface area (Å²) in [5.74, 6) is 0. The molecule has 5 heteroatoms. The summed E-state index contributed by atoms with van der Waals surface area (Å²) in [7, 11) is 0. The van der Waals surface area contributed by atoms with Gasteiger partial charge in [0, 0.05) is 0 Å². The number of hydrogen-bond donors (Lipinski definition) is 2. The van der Waals surface area contributed by atoms with E-state index in [-0.39, 0.29) is 6.61 Å². The van der Waals surface area contributed by atoms with E-state index in [0.717, 1.165) is 18.5 Å². The molecule has 0 aliphatic heterocycles. The lowest BCUT2D eigenvalue weighted by Crippen LogP contribution is -2.12. The predicted octanol–water partition coefficient (Wildman–Crippen LogP) is -0.286. The zero-order chi connectivity index (χ0) is 8.97. The Hall–Kier alpha value is -0.940. The van der Waals surface area contributed by atoms with E-state index in [1.165, 1.54) is 4.68 Å². The molecule has 1 rings (SSSR count). The number of aliphatic hydroxyl groups is 2. The number of nitrogens with zero attached hydrogens (tertiary/aromatic N) is 3. The molecule has 0 fully saturated rings. The van der Waals surface area contributed by atoms with E-state index in [4.69, 9.17) is 10.2 Å². The molecular weight excluding hydrogens is 158 g/mol. The molecule has 0 amide bonds. The van der Waals surface area contributed by atoms with Crippen molar-refractivity contribution >= 4 is 0 Å². The Bertz CT molecular complexity index is 236. The summed E-state index contributed by atoms with van der Waals surface area (Å²) in [5.41, 5.74) is 0.838. The van der Waals surface area contributed by atoms with E-state index in [9.17, 15) is 0 Å². The third-order valence-corrected chi connectivity index (χ3v) is 1.53. The molecule has 0 aliphatic rings. The first kappa shape index (κ1) is 9.15. The van der Waals surface area contributed by atoms with Gasteiger partial charge in [0.05, 0.1) is 18.5 Å². The molecule has 0 spiro atoms. The van der Waals surface area contributed by atoms with Crippen LogP contribution in [0.1, 0.15) is 25.3 Å². The van der Waals surface area contributed by atoms with Crippen LogP contribution in [0.3, 0.4) is 0 Å². The van der Waals surface area contributed by atoms with Gasteiger partial charge in [-0.1, -0.05) is 18.6 Å². The Balaban J connectivity index is 2.63. The summed E-state index contributed by atoms with van der Waals surface area (Å²) in [4.78, 5) is 0. The van der Waals surface area contributed by atoms with E-state index < -0.39 is 6.23 Å². The quantitative estimate of drug-likeness (QED) is 0.653. The van der Waals surface area contributed by atoms with Gasteiger partial charge in [0.25, 0.3) is 0 Å². The Morgan fingerprint density at radius 3 is 3.00 bits per heavy atom. The third kappa shape index (κ3) is 2.02. The minimum atomic E-state index is -0.969. The highest BCUT2D eigenvalue weighted by atomic mass is 16.3. The Labute approximate surface area is 70.6 Å². The highest BCUT2D eigenvalue weighted by Crippen LogP contribution is 2.02.